The van der Waals surface area contributed by atoms with Gasteiger partial charge in [-0.25, -0.2) is 9.59 Å². The van der Waals surface area contributed by atoms with Crippen molar-refractivity contribution in [2.45, 2.75) is 57.8 Å². The van der Waals surface area contributed by atoms with E-state index < -0.39 is 42.1 Å². The number of carbonyl (C=O) groups is 4. The summed E-state index contributed by atoms with van der Waals surface area (Å²) in [6.45, 7) is 4.77. The van der Waals surface area contributed by atoms with Crippen molar-refractivity contribution < 1.29 is 28.7 Å². The third-order valence-corrected chi connectivity index (χ3v) is 4.14. The van der Waals surface area contributed by atoms with E-state index in [9.17, 15) is 19.2 Å². The average Bonchev–Trinajstić information content (AvgIpc) is 2.90. The molecular formula is C14H20N2O6. The lowest BCUT2D eigenvalue weighted by molar-refractivity contribution is -0.161. The van der Waals surface area contributed by atoms with Crippen molar-refractivity contribution in [3.63, 3.8) is 0 Å². The number of urea groups is 1. The van der Waals surface area contributed by atoms with Gasteiger partial charge < -0.3 is 14.8 Å². The van der Waals surface area contributed by atoms with Crippen LogP contribution in [-0.4, -0.2) is 53.1 Å². The lowest BCUT2D eigenvalue weighted by Gasteiger charge is -2.23. The highest BCUT2D eigenvalue weighted by Crippen LogP contribution is 2.25. The summed E-state index contributed by atoms with van der Waals surface area (Å²) in [5, 5.41) is 2.62. The second-order valence-corrected chi connectivity index (χ2v) is 5.57. The Labute approximate surface area is 128 Å². The molecule has 2 rings (SSSR count). The minimum Gasteiger partial charge on any atom is -0.460 e. The van der Waals surface area contributed by atoms with Crippen LogP contribution in [0, 0.1) is 0 Å². The van der Waals surface area contributed by atoms with E-state index in [0.29, 0.717) is 12.8 Å². The quantitative estimate of drug-likeness (QED) is 0.580. The van der Waals surface area contributed by atoms with E-state index in [4.69, 9.17) is 9.47 Å². The van der Waals surface area contributed by atoms with Gasteiger partial charge in [0.2, 0.25) is 6.10 Å². The predicted octanol–water partition coefficient (Wildman–Crippen LogP) is 0.344. The Balaban J connectivity index is 1.98. The SMILES string of the molecule is CCC1(CC)NC(=O)N(CC(=O)OC2CC(C)OC2=O)C1=O. The van der Waals surface area contributed by atoms with Gasteiger partial charge >= 0.3 is 18.0 Å². The van der Waals surface area contributed by atoms with Crippen molar-refractivity contribution in [1.29, 1.82) is 0 Å². The molecule has 0 aromatic heterocycles. The van der Waals surface area contributed by atoms with Crippen LogP contribution in [0.15, 0.2) is 0 Å². The van der Waals surface area contributed by atoms with E-state index in [0.717, 1.165) is 4.90 Å². The summed E-state index contributed by atoms with van der Waals surface area (Å²) in [7, 11) is 0. The van der Waals surface area contributed by atoms with Gasteiger partial charge in [0, 0.05) is 6.42 Å². The van der Waals surface area contributed by atoms with Crippen LogP contribution in [0.4, 0.5) is 4.79 Å². The van der Waals surface area contributed by atoms with Crippen molar-refractivity contribution in [3.8, 4) is 0 Å². The third-order valence-electron chi connectivity index (χ3n) is 4.14. The summed E-state index contributed by atoms with van der Waals surface area (Å²) >= 11 is 0. The molecule has 0 bridgehead atoms. The van der Waals surface area contributed by atoms with Gasteiger partial charge in [0.1, 0.15) is 18.2 Å². The summed E-state index contributed by atoms with van der Waals surface area (Å²) in [6.07, 6.45) is -0.128. The summed E-state index contributed by atoms with van der Waals surface area (Å²) < 4.78 is 9.88. The fourth-order valence-electron chi connectivity index (χ4n) is 2.69. The zero-order valence-corrected chi connectivity index (χ0v) is 12.9. The molecule has 2 aliphatic heterocycles. The number of rotatable bonds is 5. The van der Waals surface area contributed by atoms with Crippen molar-refractivity contribution in [3.05, 3.63) is 0 Å². The summed E-state index contributed by atoms with van der Waals surface area (Å²) in [4.78, 5) is 48.4. The standard InChI is InChI=1S/C14H20N2O6/c1-4-14(5-2)12(19)16(13(20)15-14)7-10(17)22-9-6-8(3)21-11(9)18/h8-9H,4-7H2,1-3H3,(H,15,20). The number of ether oxygens (including phenoxy) is 2. The Morgan fingerprint density at radius 1 is 1.36 bits per heavy atom. The maximum Gasteiger partial charge on any atom is 0.347 e. The Hall–Kier alpha value is -2.12. The van der Waals surface area contributed by atoms with E-state index in [2.05, 4.69) is 5.32 Å². The second kappa shape index (κ2) is 5.94. The lowest BCUT2D eigenvalue weighted by atomic mass is 9.93. The monoisotopic (exact) mass is 312 g/mol. The molecule has 2 atom stereocenters. The predicted molar refractivity (Wildman–Crippen MR) is 73.6 cm³/mol. The summed E-state index contributed by atoms with van der Waals surface area (Å²) in [6, 6.07) is -0.618. The number of carbonyl (C=O) groups excluding carboxylic acids is 4. The molecule has 2 fully saturated rings. The molecule has 0 aromatic carbocycles. The van der Waals surface area contributed by atoms with Crippen LogP contribution >= 0.6 is 0 Å². The van der Waals surface area contributed by atoms with Crippen LogP contribution in [0.3, 0.4) is 0 Å². The number of nitrogens with one attached hydrogen (secondary N) is 1. The summed E-state index contributed by atoms with van der Waals surface area (Å²) in [5.74, 6) is -1.85. The van der Waals surface area contributed by atoms with Crippen molar-refractivity contribution >= 4 is 23.9 Å². The van der Waals surface area contributed by atoms with Gasteiger partial charge in [0.05, 0.1) is 0 Å². The fraction of sp³-hybridized carbons (Fsp3) is 0.714. The second-order valence-electron chi connectivity index (χ2n) is 5.57. The lowest BCUT2D eigenvalue weighted by Crippen LogP contribution is -2.46. The first-order valence-electron chi connectivity index (χ1n) is 7.37. The molecule has 122 valence electrons. The minimum absolute atomic E-state index is 0.276. The van der Waals surface area contributed by atoms with Crippen LogP contribution in [0.25, 0.3) is 0 Å². The van der Waals surface area contributed by atoms with Gasteiger partial charge in [-0.1, -0.05) is 13.8 Å². The number of amides is 3. The molecule has 1 N–H and O–H groups in total. The van der Waals surface area contributed by atoms with E-state index in [1.165, 1.54) is 0 Å². The first-order chi connectivity index (χ1) is 10.3. The van der Waals surface area contributed by atoms with Crippen LogP contribution in [-0.2, 0) is 23.9 Å². The minimum atomic E-state index is -0.967. The summed E-state index contributed by atoms with van der Waals surface area (Å²) in [5.41, 5.74) is -0.960. The Kier molecular flexibility index (Phi) is 4.39. The van der Waals surface area contributed by atoms with Gasteiger partial charge in [0.25, 0.3) is 5.91 Å². The molecule has 8 heteroatoms. The molecule has 0 radical (unpaired) electrons. The smallest absolute Gasteiger partial charge is 0.347 e. The third kappa shape index (κ3) is 2.77. The molecular weight excluding hydrogens is 292 g/mol. The van der Waals surface area contributed by atoms with E-state index in [-0.39, 0.29) is 12.5 Å². The van der Waals surface area contributed by atoms with Gasteiger partial charge in [-0.2, -0.15) is 0 Å². The number of esters is 2. The fourth-order valence-corrected chi connectivity index (χ4v) is 2.69. The first kappa shape index (κ1) is 16.3. The molecule has 0 aromatic rings. The molecule has 22 heavy (non-hydrogen) atoms. The van der Waals surface area contributed by atoms with Crippen molar-refractivity contribution in [1.82, 2.24) is 10.2 Å². The maximum atomic E-state index is 12.3. The molecule has 0 aliphatic carbocycles. The molecule has 2 heterocycles. The van der Waals surface area contributed by atoms with E-state index in [1.54, 1.807) is 20.8 Å². The Morgan fingerprint density at radius 3 is 2.45 bits per heavy atom. The molecule has 2 aliphatic rings. The van der Waals surface area contributed by atoms with Crippen molar-refractivity contribution in [2.75, 3.05) is 6.54 Å². The number of nitrogens with zero attached hydrogens (tertiary/aromatic N) is 1. The van der Waals surface area contributed by atoms with Crippen LogP contribution in [0.1, 0.15) is 40.0 Å². The van der Waals surface area contributed by atoms with Crippen molar-refractivity contribution in [2.24, 2.45) is 0 Å². The highest BCUT2D eigenvalue weighted by molar-refractivity contribution is 6.08. The van der Waals surface area contributed by atoms with Crippen LogP contribution in [0.5, 0.6) is 0 Å². The number of hydrogen-bond acceptors (Lipinski definition) is 6. The number of cyclic esters (lactones) is 1. The zero-order valence-electron chi connectivity index (χ0n) is 12.9. The van der Waals surface area contributed by atoms with Gasteiger partial charge in [-0.15, -0.1) is 0 Å². The Bertz CT molecular complexity index is 513. The molecule has 2 saturated heterocycles. The molecule has 2 unspecified atom stereocenters. The van der Waals surface area contributed by atoms with Gasteiger partial charge in [-0.3, -0.25) is 14.5 Å². The number of hydrogen-bond donors (Lipinski definition) is 1. The molecule has 8 nitrogen and oxygen atoms in total. The first-order valence-corrected chi connectivity index (χ1v) is 7.37. The molecule has 3 amide bonds. The normalized spacial score (nSPS) is 26.9. The van der Waals surface area contributed by atoms with Gasteiger partial charge in [-0.05, 0) is 19.8 Å². The topological polar surface area (TPSA) is 102 Å². The maximum absolute atomic E-state index is 12.3. The van der Waals surface area contributed by atoms with Crippen LogP contribution in [0.2, 0.25) is 0 Å². The van der Waals surface area contributed by atoms with Crippen LogP contribution < -0.4 is 5.32 Å². The number of imide groups is 1. The highest BCUT2D eigenvalue weighted by atomic mass is 16.6. The van der Waals surface area contributed by atoms with E-state index >= 15 is 0 Å². The average molecular weight is 312 g/mol. The Morgan fingerprint density at radius 2 is 2.00 bits per heavy atom. The largest absolute Gasteiger partial charge is 0.460 e. The van der Waals surface area contributed by atoms with E-state index in [1.807, 2.05) is 0 Å². The van der Waals surface area contributed by atoms with Gasteiger partial charge in [0.15, 0.2) is 0 Å². The molecule has 0 saturated carbocycles. The zero-order chi connectivity index (χ0) is 16.5. The highest BCUT2D eigenvalue weighted by Gasteiger charge is 2.49. The molecule has 0 spiro atoms.